The summed E-state index contributed by atoms with van der Waals surface area (Å²) in [7, 11) is 3.13. The van der Waals surface area contributed by atoms with Gasteiger partial charge in [0.1, 0.15) is 6.61 Å². The van der Waals surface area contributed by atoms with Gasteiger partial charge in [0.05, 0.1) is 19.8 Å². The fraction of sp³-hybridized carbons (Fsp3) is 0.167. The van der Waals surface area contributed by atoms with Gasteiger partial charge in [0.25, 0.3) is 0 Å². The van der Waals surface area contributed by atoms with E-state index in [1.165, 1.54) is 0 Å². The lowest BCUT2D eigenvalue weighted by atomic mass is 9.95. The van der Waals surface area contributed by atoms with Crippen molar-refractivity contribution < 1.29 is 19.0 Å². The monoisotopic (exact) mass is 330 g/mol. The normalized spacial score (nSPS) is 15.1. The molecule has 0 unspecified atom stereocenters. The van der Waals surface area contributed by atoms with Crippen LogP contribution in [0, 0.1) is 0 Å². The second-order valence-corrected chi connectivity index (χ2v) is 5.43. The lowest BCUT2D eigenvalue weighted by Gasteiger charge is -2.21. The number of benzene rings is 2. The van der Waals surface area contributed by atoms with Crippen LogP contribution < -0.4 is 9.47 Å². The number of hydrogen-bond donors (Lipinski definition) is 0. The molecule has 0 saturated heterocycles. The maximum absolute atomic E-state index is 12.2. The Kier molecular flexibility index (Phi) is 4.26. The third kappa shape index (κ3) is 2.90. The van der Waals surface area contributed by atoms with Gasteiger partial charge in [-0.3, -0.25) is 0 Å². The average Bonchev–Trinajstić information content (AvgIpc) is 2.58. The first-order valence-electron chi connectivity index (χ1n) is 7.02. The van der Waals surface area contributed by atoms with E-state index in [9.17, 15) is 4.79 Å². The summed E-state index contributed by atoms with van der Waals surface area (Å²) >= 11 is 6.18. The lowest BCUT2D eigenvalue weighted by molar-refractivity contribution is -0.138. The quantitative estimate of drug-likeness (QED) is 0.631. The second-order valence-electron chi connectivity index (χ2n) is 5.02. The second kappa shape index (κ2) is 6.34. The van der Waals surface area contributed by atoms with Gasteiger partial charge in [0, 0.05) is 10.6 Å². The molecule has 0 radical (unpaired) electrons. The van der Waals surface area contributed by atoms with Crippen molar-refractivity contribution in [2.75, 3.05) is 14.2 Å². The Balaban J connectivity index is 2.17. The molecule has 0 aromatic heterocycles. The summed E-state index contributed by atoms with van der Waals surface area (Å²) in [6, 6.07) is 10.9. The zero-order valence-electron chi connectivity index (χ0n) is 12.8. The molecule has 3 rings (SSSR count). The Morgan fingerprint density at radius 2 is 1.83 bits per heavy atom. The number of carbonyl (C=O) groups is 1. The highest BCUT2D eigenvalue weighted by Crippen LogP contribution is 2.37. The van der Waals surface area contributed by atoms with Crippen LogP contribution in [0.15, 0.2) is 36.4 Å². The number of esters is 1. The fourth-order valence-electron chi connectivity index (χ4n) is 2.51. The van der Waals surface area contributed by atoms with Crippen LogP contribution in [0.4, 0.5) is 0 Å². The number of fused-ring (bicyclic) bond motifs is 1. The fourth-order valence-corrected chi connectivity index (χ4v) is 2.70. The van der Waals surface area contributed by atoms with Crippen molar-refractivity contribution in [3.8, 4) is 11.5 Å². The van der Waals surface area contributed by atoms with Crippen LogP contribution in [0.2, 0.25) is 5.02 Å². The summed E-state index contributed by atoms with van der Waals surface area (Å²) in [5.74, 6) is 0.775. The molecule has 0 amide bonds. The molecule has 2 aromatic carbocycles. The summed E-state index contributed by atoms with van der Waals surface area (Å²) in [4.78, 5) is 12.2. The minimum atomic E-state index is -0.385. The van der Waals surface area contributed by atoms with Crippen LogP contribution in [-0.4, -0.2) is 20.2 Å². The van der Waals surface area contributed by atoms with E-state index in [4.69, 9.17) is 25.8 Å². The van der Waals surface area contributed by atoms with Crippen molar-refractivity contribution in [1.82, 2.24) is 0 Å². The lowest BCUT2D eigenvalue weighted by Crippen LogP contribution is -2.15. The van der Waals surface area contributed by atoms with Gasteiger partial charge in [-0.05, 0) is 35.4 Å². The van der Waals surface area contributed by atoms with Crippen molar-refractivity contribution in [3.05, 3.63) is 58.1 Å². The van der Waals surface area contributed by atoms with Crippen LogP contribution >= 0.6 is 11.6 Å². The number of halogens is 1. The Hall–Kier alpha value is -2.46. The zero-order chi connectivity index (χ0) is 16.4. The number of methoxy groups -OCH3 is 2. The summed E-state index contributed by atoms with van der Waals surface area (Å²) in [5.41, 5.74) is 2.82. The van der Waals surface area contributed by atoms with E-state index in [2.05, 4.69) is 0 Å². The van der Waals surface area contributed by atoms with E-state index in [1.54, 1.807) is 32.4 Å². The van der Waals surface area contributed by atoms with E-state index in [0.29, 0.717) is 22.1 Å². The van der Waals surface area contributed by atoms with Crippen LogP contribution in [-0.2, 0) is 16.1 Å². The van der Waals surface area contributed by atoms with Gasteiger partial charge in [-0.25, -0.2) is 4.79 Å². The van der Waals surface area contributed by atoms with Gasteiger partial charge < -0.3 is 14.2 Å². The molecule has 0 N–H and O–H groups in total. The number of ether oxygens (including phenoxy) is 3. The number of cyclic esters (lactones) is 1. The highest BCUT2D eigenvalue weighted by molar-refractivity contribution is 6.33. The highest BCUT2D eigenvalue weighted by Gasteiger charge is 2.25. The summed E-state index contributed by atoms with van der Waals surface area (Å²) in [6.07, 6.45) is 1.73. The maximum Gasteiger partial charge on any atom is 0.339 e. The Morgan fingerprint density at radius 3 is 2.52 bits per heavy atom. The standard InChI is InChI=1S/C18H15ClO4/c1-21-16-8-12-10-23-18(20)14(13(12)9-17(16)22-2)7-11-5-3-4-6-15(11)19/h3-9H,10H2,1-2H3/b14-7-. The molecule has 0 spiro atoms. The zero-order valence-corrected chi connectivity index (χ0v) is 13.5. The van der Waals surface area contributed by atoms with Crippen molar-refractivity contribution in [3.63, 3.8) is 0 Å². The van der Waals surface area contributed by atoms with Gasteiger partial charge in [-0.2, -0.15) is 0 Å². The molecule has 0 atom stereocenters. The molecule has 23 heavy (non-hydrogen) atoms. The molecule has 0 saturated carbocycles. The predicted octanol–water partition coefficient (Wildman–Crippen LogP) is 3.95. The van der Waals surface area contributed by atoms with Crippen LogP contribution in [0.25, 0.3) is 11.6 Å². The molecule has 1 aliphatic rings. The molecule has 0 aliphatic carbocycles. The van der Waals surface area contributed by atoms with Crippen molar-refractivity contribution in [2.24, 2.45) is 0 Å². The van der Waals surface area contributed by atoms with E-state index in [1.807, 2.05) is 24.3 Å². The van der Waals surface area contributed by atoms with Gasteiger partial charge in [0.15, 0.2) is 11.5 Å². The Bertz CT molecular complexity index is 796. The first kappa shape index (κ1) is 15.4. The molecule has 2 aromatic rings. The molecule has 118 valence electrons. The molecule has 0 fully saturated rings. The van der Waals surface area contributed by atoms with E-state index < -0.39 is 0 Å². The highest BCUT2D eigenvalue weighted by atomic mass is 35.5. The van der Waals surface area contributed by atoms with Crippen molar-refractivity contribution in [1.29, 1.82) is 0 Å². The molecule has 1 aliphatic heterocycles. The predicted molar refractivity (Wildman–Crippen MR) is 88.7 cm³/mol. The average molecular weight is 331 g/mol. The SMILES string of the molecule is COc1cc2c(cc1OC)/C(=C/c1ccccc1Cl)C(=O)OC2. The third-order valence-electron chi connectivity index (χ3n) is 3.68. The minimum absolute atomic E-state index is 0.203. The Labute approximate surface area is 139 Å². The first-order chi connectivity index (χ1) is 11.1. The molecule has 1 heterocycles. The van der Waals surface area contributed by atoms with E-state index in [0.717, 1.165) is 16.7 Å². The maximum atomic E-state index is 12.2. The summed E-state index contributed by atoms with van der Waals surface area (Å²) < 4.78 is 15.9. The molecule has 4 nitrogen and oxygen atoms in total. The third-order valence-corrected chi connectivity index (χ3v) is 4.03. The largest absolute Gasteiger partial charge is 0.493 e. The van der Waals surface area contributed by atoms with E-state index >= 15 is 0 Å². The number of hydrogen-bond acceptors (Lipinski definition) is 4. The summed E-state index contributed by atoms with van der Waals surface area (Å²) in [6.45, 7) is 0.203. The van der Waals surface area contributed by atoms with Crippen molar-refractivity contribution >= 4 is 29.2 Å². The Morgan fingerprint density at radius 1 is 1.13 bits per heavy atom. The smallest absolute Gasteiger partial charge is 0.339 e. The van der Waals surface area contributed by atoms with Crippen LogP contribution in [0.3, 0.4) is 0 Å². The molecule has 0 bridgehead atoms. The molecule has 5 heteroatoms. The van der Waals surface area contributed by atoms with Gasteiger partial charge >= 0.3 is 5.97 Å². The van der Waals surface area contributed by atoms with Gasteiger partial charge in [-0.1, -0.05) is 29.8 Å². The van der Waals surface area contributed by atoms with Gasteiger partial charge in [-0.15, -0.1) is 0 Å². The van der Waals surface area contributed by atoms with Crippen LogP contribution in [0.1, 0.15) is 16.7 Å². The topological polar surface area (TPSA) is 44.8 Å². The molecular weight excluding hydrogens is 316 g/mol. The van der Waals surface area contributed by atoms with Crippen molar-refractivity contribution in [2.45, 2.75) is 6.61 Å². The first-order valence-corrected chi connectivity index (χ1v) is 7.40. The van der Waals surface area contributed by atoms with E-state index in [-0.39, 0.29) is 12.6 Å². The minimum Gasteiger partial charge on any atom is -0.493 e. The summed E-state index contributed by atoms with van der Waals surface area (Å²) in [5, 5.41) is 0.570. The van der Waals surface area contributed by atoms with Crippen LogP contribution in [0.5, 0.6) is 11.5 Å². The number of rotatable bonds is 3. The van der Waals surface area contributed by atoms with Gasteiger partial charge in [0.2, 0.25) is 0 Å². The molecular formula is C18H15ClO4. The number of carbonyl (C=O) groups excluding carboxylic acids is 1.